The number of aryl methyl sites for hydroxylation is 1. The van der Waals surface area contributed by atoms with E-state index in [-0.39, 0.29) is 12.1 Å². The van der Waals surface area contributed by atoms with E-state index in [1.54, 1.807) is 6.20 Å². The zero-order valence-corrected chi connectivity index (χ0v) is 12.1. The minimum absolute atomic E-state index is 0.0761. The average molecular weight is 281 g/mol. The summed E-state index contributed by atoms with van der Waals surface area (Å²) in [7, 11) is 0. The van der Waals surface area contributed by atoms with Crippen LogP contribution in [0.1, 0.15) is 24.8 Å². The van der Waals surface area contributed by atoms with Gasteiger partial charge in [0.15, 0.2) is 0 Å². The highest BCUT2D eigenvalue weighted by Gasteiger charge is 2.38. The summed E-state index contributed by atoms with van der Waals surface area (Å²) in [5.74, 6) is 0. The Hall–Kier alpha value is -2.07. The molecule has 108 valence electrons. The van der Waals surface area contributed by atoms with Crippen molar-refractivity contribution in [3.63, 3.8) is 0 Å². The third-order valence-corrected chi connectivity index (χ3v) is 4.83. The number of aromatic nitrogens is 3. The van der Waals surface area contributed by atoms with Gasteiger partial charge in [-0.05, 0) is 49.9 Å². The monoisotopic (exact) mass is 281 g/mol. The molecule has 1 aliphatic carbocycles. The van der Waals surface area contributed by atoms with Gasteiger partial charge in [0.2, 0.25) is 0 Å². The standard InChI is InChI=1S/C17H19N3O/c1-12-9-20(17(11-21)5-3-6-17)10-14(12)15-8-13-4-2-7-18-16(13)19-15/h2,4,7-10,21H,3,5-6,11H2,1H3,(H,18,19). The molecule has 0 aromatic carbocycles. The normalized spacial score (nSPS) is 17.0. The molecule has 21 heavy (non-hydrogen) atoms. The molecule has 3 aromatic rings. The van der Waals surface area contributed by atoms with Gasteiger partial charge in [-0.3, -0.25) is 0 Å². The lowest BCUT2D eigenvalue weighted by Gasteiger charge is -2.41. The van der Waals surface area contributed by atoms with Crippen molar-refractivity contribution in [1.82, 2.24) is 14.5 Å². The fourth-order valence-electron chi connectivity index (χ4n) is 3.30. The highest BCUT2D eigenvalue weighted by atomic mass is 16.3. The molecule has 0 spiro atoms. The number of hydrogen-bond donors (Lipinski definition) is 2. The molecule has 3 heterocycles. The Morgan fingerprint density at radius 2 is 2.24 bits per heavy atom. The minimum atomic E-state index is -0.0761. The summed E-state index contributed by atoms with van der Waals surface area (Å²) in [6.07, 6.45) is 9.44. The summed E-state index contributed by atoms with van der Waals surface area (Å²) in [6, 6.07) is 6.16. The molecule has 3 aromatic heterocycles. The second-order valence-corrected chi connectivity index (χ2v) is 6.12. The number of nitrogens with zero attached hydrogens (tertiary/aromatic N) is 2. The van der Waals surface area contributed by atoms with Gasteiger partial charge in [-0.25, -0.2) is 4.98 Å². The van der Waals surface area contributed by atoms with E-state index in [0.717, 1.165) is 29.6 Å². The van der Waals surface area contributed by atoms with Crippen molar-refractivity contribution in [3.8, 4) is 11.3 Å². The van der Waals surface area contributed by atoms with Crippen LogP contribution in [0.15, 0.2) is 36.8 Å². The van der Waals surface area contributed by atoms with Gasteiger partial charge in [-0.15, -0.1) is 0 Å². The largest absolute Gasteiger partial charge is 0.394 e. The Labute approximate surface area is 123 Å². The number of H-pyrrole nitrogens is 1. The summed E-state index contributed by atoms with van der Waals surface area (Å²) < 4.78 is 2.21. The maximum absolute atomic E-state index is 9.74. The van der Waals surface area contributed by atoms with Gasteiger partial charge in [0.25, 0.3) is 0 Å². The molecule has 4 nitrogen and oxygen atoms in total. The third kappa shape index (κ3) is 1.83. The molecule has 4 rings (SSSR count). The summed E-state index contributed by atoms with van der Waals surface area (Å²) >= 11 is 0. The van der Waals surface area contributed by atoms with Crippen LogP contribution in [0, 0.1) is 6.92 Å². The molecule has 0 saturated heterocycles. The Kier molecular flexibility index (Phi) is 2.69. The molecule has 0 atom stereocenters. The molecule has 0 unspecified atom stereocenters. The van der Waals surface area contributed by atoms with Crippen LogP contribution in [0.2, 0.25) is 0 Å². The second-order valence-electron chi connectivity index (χ2n) is 6.12. The molecule has 0 aliphatic heterocycles. The van der Waals surface area contributed by atoms with E-state index >= 15 is 0 Å². The smallest absolute Gasteiger partial charge is 0.137 e. The number of aliphatic hydroxyl groups is 1. The Morgan fingerprint density at radius 3 is 2.90 bits per heavy atom. The maximum atomic E-state index is 9.74. The molecule has 2 N–H and O–H groups in total. The van der Waals surface area contributed by atoms with Crippen molar-refractivity contribution < 1.29 is 5.11 Å². The predicted octanol–water partition coefficient (Wildman–Crippen LogP) is 3.21. The van der Waals surface area contributed by atoms with Gasteiger partial charge in [0.05, 0.1) is 12.1 Å². The molecule has 0 amide bonds. The number of pyridine rings is 1. The highest BCUT2D eigenvalue weighted by Crippen LogP contribution is 2.40. The Morgan fingerprint density at radius 1 is 1.38 bits per heavy atom. The van der Waals surface area contributed by atoms with Crippen LogP contribution in [-0.4, -0.2) is 26.2 Å². The number of rotatable bonds is 3. The maximum Gasteiger partial charge on any atom is 0.137 e. The average Bonchev–Trinajstić information content (AvgIpc) is 3.01. The van der Waals surface area contributed by atoms with E-state index in [2.05, 4.69) is 46.0 Å². The van der Waals surface area contributed by atoms with Crippen molar-refractivity contribution in [2.75, 3.05) is 6.61 Å². The van der Waals surface area contributed by atoms with E-state index in [1.165, 1.54) is 17.5 Å². The van der Waals surface area contributed by atoms with Crippen LogP contribution < -0.4 is 0 Å². The lowest BCUT2D eigenvalue weighted by atomic mass is 9.77. The zero-order valence-electron chi connectivity index (χ0n) is 12.1. The van der Waals surface area contributed by atoms with E-state index in [9.17, 15) is 5.11 Å². The lowest BCUT2D eigenvalue weighted by molar-refractivity contribution is 0.0556. The molecule has 0 bridgehead atoms. The number of aromatic amines is 1. The first-order valence-corrected chi connectivity index (χ1v) is 7.46. The molecule has 1 fully saturated rings. The number of nitrogens with one attached hydrogen (secondary N) is 1. The van der Waals surface area contributed by atoms with Crippen molar-refractivity contribution in [3.05, 3.63) is 42.4 Å². The van der Waals surface area contributed by atoms with Crippen LogP contribution in [0.5, 0.6) is 0 Å². The summed E-state index contributed by atoms with van der Waals surface area (Å²) in [5, 5.41) is 10.9. The zero-order chi connectivity index (χ0) is 14.4. The van der Waals surface area contributed by atoms with Gasteiger partial charge >= 0.3 is 0 Å². The lowest BCUT2D eigenvalue weighted by Crippen LogP contribution is -2.43. The first kappa shape index (κ1) is 12.7. The van der Waals surface area contributed by atoms with E-state index < -0.39 is 0 Å². The topological polar surface area (TPSA) is 53.8 Å². The number of aliphatic hydroxyl groups excluding tert-OH is 1. The van der Waals surface area contributed by atoms with Crippen molar-refractivity contribution >= 4 is 11.0 Å². The SMILES string of the molecule is Cc1cn(C2(CO)CCC2)cc1-c1cc2cccnc2[nH]1. The van der Waals surface area contributed by atoms with E-state index in [4.69, 9.17) is 0 Å². The van der Waals surface area contributed by atoms with Crippen LogP contribution in [0.25, 0.3) is 22.3 Å². The molecular formula is C17H19N3O. The van der Waals surface area contributed by atoms with Gasteiger partial charge in [0, 0.05) is 35.2 Å². The first-order chi connectivity index (χ1) is 10.2. The molecule has 1 aliphatic rings. The molecule has 1 saturated carbocycles. The van der Waals surface area contributed by atoms with Crippen LogP contribution >= 0.6 is 0 Å². The van der Waals surface area contributed by atoms with Crippen molar-refractivity contribution in [2.24, 2.45) is 0 Å². The van der Waals surface area contributed by atoms with Gasteiger partial charge in [-0.1, -0.05) is 0 Å². The number of fused-ring (bicyclic) bond motifs is 1. The molecule has 0 radical (unpaired) electrons. The first-order valence-electron chi connectivity index (χ1n) is 7.46. The quantitative estimate of drug-likeness (QED) is 0.774. The van der Waals surface area contributed by atoms with Gasteiger partial charge < -0.3 is 14.7 Å². The van der Waals surface area contributed by atoms with Gasteiger partial charge in [-0.2, -0.15) is 0 Å². The van der Waals surface area contributed by atoms with E-state index in [0.29, 0.717) is 0 Å². The fourth-order valence-corrected chi connectivity index (χ4v) is 3.30. The Bertz CT molecular complexity index is 757. The van der Waals surface area contributed by atoms with Crippen LogP contribution in [-0.2, 0) is 5.54 Å². The number of hydrogen-bond acceptors (Lipinski definition) is 2. The fraction of sp³-hybridized carbons (Fsp3) is 0.353. The molecule has 4 heteroatoms. The predicted molar refractivity (Wildman–Crippen MR) is 83.2 cm³/mol. The molecular weight excluding hydrogens is 262 g/mol. The Balaban J connectivity index is 1.80. The third-order valence-electron chi connectivity index (χ3n) is 4.83. The highest BCUT2D eigenvalue weighted by molar-refractivity contribution is 5.83. The minimum Gasteiger partial charge on any atom is -0.394 e. The van der Waals surface area contributed by atoms with Crippen molar-refractivity contribution in [1.29, 1.82) is 0 Å². The van der Waals surface area contributed by atoms with Crippen molar-refractivity contribution in [2.45, 2.75) is 31.7 Å². The summed E-state index contributed by atoms with van der Waals surface area (Å²) in [5.41, 5.74) is 4.34. The second kappa shape index (κ2) is 4.46. The summed E-state index contributed by atoms with van der Waals surface area (Å²) in [6.45, 7) is 2.34. The van der Waals surface area contributed by atoms with Crippen LogP contribution in [0.3, 0.4) is 0 Å². The van der Waals surface area contributed by atoms with Gasteiger partial charge in [0.1, 0.15) is 5.65 Å². The summed E-state index contributed by atoms with van der Waals surface area (Å²) in [4.78, 5) is 7.74. The van der Waals surface area contributed by atoms with E-state index in [1.807, 2.05) is 6.07 Å². The van der Waals surface area contributed by atoms with Crippen LogP contribution in [0.4, 0.5) is 0 Å².